The highest BCUT2D eigenvalue weighted by atomic mass is 16.7. The first-order valence-electron chi connectivity index (χ1n) is 10.2. The number of carbonyl (C=O) groups is 1. The molecular weight excluding hydrogens is 380 g/mol. The van der Waals surface area contributed by atoms with Crippen LogP contribution in [0.4, 0.5) is 0 Å². The molecule has 2 fully saturated rings. The largest absolute Gasteiger partial charge is 0.461 e. The third-order valence-electron chi connectivity index (χ3n) is 6.33. The zero-order valence-corrected chi connectivity index (χ0v) is 17.1. The van der Waals surface area contributed by atoms with Crippen molar-refractivity contribution in [3.63, 3.8) is 0 Å². The van der Waals surface area contributed by atoms with Crippen LogP contribution in [0.3, 0.4) is 0 Å². The van der Waals surface area contributed by atoms with Crippen molar-refractivity contribution in [2.75, 3.05) is 6.61 Å². The van der Waals surface area contributed by atoms with Crippen molar-refractivity contribution in [2.45, 2.75) is 82.9 Å². The van der Waals surface area contributed by atoms with E-state index in [4.69, 9.17) is 14.2 Å². The summed E-state index contributed by atoms with van der Waals surface area (Å²) in [6, 6.07) is 0. The lowest BCUT2D eigenvalue weighted by atomic mass is 9.84. The zero-order valence-electron chi connectivity index (χ0n) is 17.1. The molecule has 0 radical (unpaired) electrons. The van der Waals surface area contributed by atoms with Gasteiger partial charge >= 0.3 is 5.97 Å². The molecule has 0 aromatic rings. The van der Waals surface area contributed by atoms with Gasteiger partial charge in [0, 0.05) is 12.3 Å². The van der Waals surface area contributed by atoms with Crippen molar-refractivity contribution in [3.05, 3.63) is 23.3 Å². The molecule has 0 amide bonds. The van der Waals surface area contributed by atoms with Crippen LogP contribution in [0.1, 0.15) is 40.0 Å². The minimum Gasteiger partial charge on any atom is -0.461 e. The van der Waals surface area contributed by atoms with Gasteiger partial charge in [-0.15, -0.1) is 0 Å². The van der Waals surface area contributed by atoms with Gasteiger partial charge in [-0.05, 0) is 32.3 Å². The molecule has 29 heavy (non-hydrogen) atoms. The van der Waals surface area contributed by atoms with E-state index in [0.29, 0.717) is 19.3 Å². The molecule has 2 aliphatic heterocycles. The fourth-order valence-electron chi connectivity index (χ4n) is 4.24. The van der Waals surface area contributed by atoms with Crippen LogP contribution in [-0.4, -0.2) is 75.9 Å². The number of aliphatic hydroxyl groups is 4. The molecule has 3 rings (SSSR count). The molecule has 0 bridgehead atoms. The van der Waals surface area contributed by atoms with Crippen molar-refractivity contribution in [2.24, 2.45) is 11.8 Å². The van der Waals surface area contributed by atoms with E-state index in [-0.39, 0.29) is 23.9 Å². The smallest absolute Gasteiger partial charge is 0.309 e. The van der Waals surface area contributed by atoms with Crippen LogP contribution in [-0.2, 0) is 19.0 Å². The number of esters is 1. The predicted molar refractivity (Wildman–Crippen MR) is 103 cm³/mol. The lowest BCUT2D eigenvalue weighted by Gasteiger charge is -2.41. The third-order valence-corrected chi connectivity index (χ3v) is 6.33. The number of ether oxygens (including phenoxy) is 3. The molecule has 9 unspecified atom stereocenters. The maximum Gasteiger partial charge on any atom is 0.309 e. The Balaban J connectivity index is 1.77. The van der Waals surface area contributed by atoms with Crippen LogP contribution in [0.25, 0.3) is 0 Å². The highest BCUT2D eigenvalue weighted by Gasteiger charge is 2.45. The SMILES string of the molecule is CC1=CCC(OC2OC(CO)C(O)C(O)C2O)C(C)=CCC2C(C1)OC(=O)C2C. The quantitative estimate of drug-likeness (QED) is 0.388. The average Bonchev–Trinajstić information content (AvgIpc) is 2.95. The first kappa shape index (κ1) is 22.4. The maximum atomic E-state index is 12.0. The number of carbonyl (C=O) groups excluding carboxylic acids is 1. The van der Waals surface area contributed by atoms with Crippen LogP contribution in [0, 0.1) is 11.8 Å². The second-order valence-corrected chi connectivity index (χ2v) is 8.42. The second kappa shape index (κ2) is 9.24. The summed E-state index contributed by atoms with van der Waals surface area (Å²) >= 11 is 0. The summed E-state index contributed by atoms with van der Waals surface area (Å²) < 4.78 is 17.0. The van der Waals surface area contributed by atoms with Crippen molar-refractivity contribution in [3.8, 4) is 0 Å². The van der Waals surface area contributed by atoms with E-state index in [1.807, 2.05) is 32.9 Å². The van der Waals surface area contributed by atoms with Gasteiger partial charge in [-0.3, -0.25) is 4.79 Å². The van der Waals surface area contributed by atoms with Gasteiger partial charge in [0.1, 0.15) is 30.5 Å². The van der Waals surface area contributed by atoms with Crippen LogP contribution in [0.15, 0.2) is 23.3 Å². The summed E-state index contributed by atoms with van der Waals surface area (Å²) in [4.78, 5) is 12.0. The minimum atomic E-state index is -1.48. The van der Waals surface area contributed by atoms with Gasteiger partial charge in [0.25, 0.3) is 0 Å². The Bertz CT molecular complexity index is 657. The molecule has 2 heterocycles. The third kappa shape index (κ3) is 4.73. The molecular formula is C21H32O8. The van der Waals surface area contributed by atoms with Gasteiger partial charge in [-0.2, -0.15) is 0 Å². The van der Waals surface area contributed by atoms with Crippen molar-refractivity contribution in [1.29, 1.82) is 0 Å². The van der Waals surface area contributed by atoms with Gasteiger partial charge in [0.15, 0.2) is 6.29 Å². The van der Waals surface area contributed by atoms with E-state index in [9.17, 15) is 25.2 Å². The molecule has 0 spiro atoms. The number of hydrogen-bond acceptors (Lipinski definition) is 8. The fourth-order valence-corrected chi connectivity index (χ4v) is 4.24. The molecule has 0 saturated carbocycles. The van der Waals surface area contributed by atoms with E-state index in [2.05, 4.69) is 0 Å². The fraction of sp³-hybridized carbons (Fsp3) is 0.762. The van der Waals surface area contributed by atoms with Gasteiger partial charge < -0.3 is 34.6 Å². The van der Waals surface area contributed by atoms with Crippen molar-refractivity contribution in [1.82, 2.24) is 0 Å². The van der Waals surface area contributed by atoms with Gasteiger partial charge in [-0.25, -0.2) is 0 Å². The molecule has 4 N–H and O–H groups in total. The van der Waals surface area contributed by atoms with Crippen molar-refractivity contribution < 1.29 is 39.4 Å². The molecule has 0 aromatic carbocycles. The highest BCUT2D eigenvalue weighted by Crippen LogP contribution is 2.36. The molecule has 8 nitrogen and oxygen atoms in total. The topological polar surface area (TPSA) is 126 Å². The number of allylic oxidation sites excluding steroid dienone is 1. The predicted octanol–water partition coefficient (Wildman–Crippen LogP) is 0.426. The first-order valence-corrected chi connectivity index (χ1v) is 10.2. The van der Waals surface area contributed by atoms with Gasteiger partial charge in [0.05, 0.1) is 18.6 Å². The summed E-state index contributed by atoms with van der Waals surface area (Å²) in [5, 5.41) is 39.6. The molecule has 2 saturated heterocycles. The standard InChI is InChI=1S/C21H32O8/c1-10-4-7-14(28-21-19(25)18(24)17(23)16(9-22)29-21)11(2)5-6-13-12(3)20(26)27-15(13)8-10/h4-5,12-19,21-25H,6-9H2,1-3H3. The lowest BCUT2D eigenvalue weighted by Crippen LogP contribution is -2.59. The number of hydrogen-bond donors (Lipinski definition) is 4. The number of aliphatic hydroxyl groups excluding tert-OH is 4. The van der Waals surface area contributed by atoms with Gasteiger partial charge in [-0.1, -0.05) is 24.6 Å². The summed E-state index contributed by atoms with van der Waals surface area (Å²) in [6.07, 6.45) is -1.17. The maximum absolute atomic E-state index is 12.0. The Hall–Kier alpha value is -1.29. The Labute approximate surface area is 170 Å². The summed E-state index contributed by atoms with van der Waals surface area (Å²) in [5.41, 5.74) is 2.00. The summed E-state index contributed by atoms with van der Waals surface area (Å²) in [6.45, 7) is 5.29. The van der Waals surface area contributed by atoms with E-state index in [1.165, 1.54) is 0 Å². The van der Waals surface area contributed by atoms with Crippen LogP contribution >= 0.6 is 0 Å². The van der Waals surface area contributed by atoms with Crippen LogP contribution in [0.2, 0.25) is 0 Å². The number of fused-ring (bicyclic) bond motifs is 1. The Kier molecular flexibility index (Phi) is 7.14. The Morgan fingerprint density at radius 1 is 1.10 bits per heavy atom. The van der Waals surface area contributed by atoms with E-state index in [1.54, 1.807) is 0 Å². The molecule has 1 aliphatic carbocycles. The Morgan fingerprint density at radius 2 is 1.83 bits per heavy atom. The van der Waals surface area contributed by atoms with E-state index >= 15 is 0 Å². The van der Waals surface area contributed by atoms with Gasteiger partial charge in [0.2, 0.25) is 0 Å². The van der Waals surface area contributed by atoms with E-state index < -0.39 is 43.4 Å². The average molecular weight is 412 g/mol. The van der Waals surface area contributed by atoms with Crippen molar-refractivity contribution >= 4 is 5.97 Å². The first-order chi connectivity index (χ1) is 13.7. The van der Waals surface area contributed by atoms with Crippen LogP contribution in [0.5, 0.6) is 0 Å². The molecule has 9 atom stereocenters. The normalized spacial score (nSPS) is 43.8. The molecule has 8 heteroatoms. The minimum absolute atomic E-state index is 0.0896. The monoisotopic (exact) mass is 412 g/mol. The molecule has 164 valence electrons. The van der Waals surface area contributed by atoms with Crippen LogP contribution < -0.4 is 0 Å². The summed E-state index contributed by atoms with van der Waals surface area (Å²) in [7, 11) is 0. The van der Waals surface area contributed by atoms with E-state index in [0.717, 1.165) is 11.1 Å². The highest BCUT2D eigenvalue weighted by molar-refractivity contribution is 5.74. The zero-order chi connectivity index (χ0) is 21.3. The lowest BCUT2D eigenvalue weighted by molar-refractivity contribution is -0.308. The second-order valence-electron chi connectivity index (χ2n) is 8.42. The Morgan fingerprint density at radius 3 is 2.52 bits per heavy atom. The summed E-state index contributed by atoms with van der Waals surface area (Å²) in [5.74, 6) is -0.236. The molecule has 0 aromatic heterocycles. The molecule has 3 aliphatic rings. The number of rotatable bonds is 3.